The highest BCUT2D eigenvalue weighted by Gasteiger charge is 2.34. The normalized spacial score (nSPS) is 36.8. The molecule has 0 aromatic heterocycles. The summed E-state index contributed by atoms with van der Waals surface area (Å²) in [4.78, 5) is 2.44. The summed E-state index contributed by atoms with van der Waals surface area (Å²) in [7, 11) is 0. The predicted molar refractivity (Wildman–Crippen MR) is 48.0 cm³/mol. The molecule has 0 radical (unpaired) electrons. The summed E-state index contributed by atoms with van der Waals surface area (Å²) < 4.78 is 0. The standard InChI is InChI=1S/C9H18N2O/c12-5-4-11-3-1-2-8-6-10-7-9(8)11/h8-10,12H,1-7H2. The molecule has 0 saturated carbocycles. The topological polar surface area (TPSA) is 35.5 Å². The van der Waals surface area contributed by atoms with Crippen LogP contribution in [0.15, 0.2) is 0 Å². The molecule has 0 aromatic rings. The molecule has 2 aliphatic heterocycles. The number of rotatable bonds is 2. The highest BCUT2D eigenvalue weighted by atomic mass is 16.3. The van der Waals surface area contributed by atoms with E-state index in [1.807, 2.05) is 0 Å². The molecule has 2 saturated heterocycles. The Labute approximate surface area is 73.8 Å². The van der Waals surface area contributed by atoms with Crippen molar-refractivity contribution in [3.8, 4) is 0 Å². The molecule has 0 amide bonds. The zero-order valence-electron chi connectivity index (χ0n) is 7.50. The van der Waals surface area contributed by atoms with Crippen molar-refractivity contribution in [2.24, 2.45) is 5.92 Å². The molecule has 0 aromatic carbocycles. The zero-order valence-corrected chi connectivity index (χ0v) is 7.50. The Morgan fingerprint density at radius 1 is 1.42 bits per heavy atom. The number of aliphatic hydroxyl groups is 1. The van der Waals surface area contributed by atoms with E-state index in [1.54, 1.807) is 0 Å². The fraction of sp³-hybridized carbons (Fsp3) is 1.00. The van der Waals surface area contributed by atoms with Crippen LogP contribution < -0.4 is 5.32 Å². The molecule has 0 spiro atoms. The summed E-state index contributed by atoms with van der Waals surface area (Å²) in [6.45, 7) is 4.67. The minimum atomic E-state index is 0.309. The highest BCUT2D eigenvalue weighted by Crippen LogP contribution is 2.25. The van der Waals surface area contributed by atoms with Gasteiger partial charge in [-0.25, -0.2) is 0 Å². The number of β-amino-alcohol motifs (C(OH)–C–C–N with tert-alkyl or cyclic N) is 1. The summed E-state index contributed by atoms with van der Waals surface area (Å²) in [5, 5.41) is 12.3. The molecule has 2 unspecified atom stereocenters. The predicted octanol–water partition coefficient (Wildman–Crippen LogP) is -0.337. The lowest BCUT2D eigenvalue weighted by Crippen LogP contribution is -2.46. The van der Waals surface area contributed by atoms with E-state index in [1.165, 1.54) is 25.9 Å². The van der Waals surface area contributed by atoms with Gasteiger partial charge >= 0.3 is 0 Å². The lowest BCUT2D eigenvalue weighted by atomic mass is 9.92. The smallest absolute Gasteiger partial charge is 0.0558 e. The molecule has 3 heteroatoms. The van der Waals surface area contributed by atoms with Gasteiger partial charge in [0.25, 0.3) is 0 Å². The third-order valence-electron chi connectivity index (χ3n) is 3.18. The third kappa shape index (κ3) is 1.49. The van der Waals surface area contributed by atoms with Gasteiger partial charge < -0.3 is 10.4 Å². The first-order valence-electron chi connectivity index (χ1n) is 4.97. The van der Waals surface area contributed by atoms with Crippen LogP contribution in [0, 0.1) is 5.92 Å². The van der Waals surface area contributed by atoms with Crippen molar-refractivity contribution in [1.82, 2.24) is 10.2 Å². The van der Waals surface area contributed by atoms with Crippen LogP contribution in [0.4, 0.5) is 0 Å². The van der Waals surface area contributed by atoms with E-state index < -0.39 is 0 Å². The van der Waals surface area contributed by atoms with Gasteiger partial charge in [-0.05, 0) is 31.8 Å². The molecule has 2 heterocycles. The Hall–Kier alpha value is -0.120. The van der Waals surface area contributed by atoms with Crippen LogP contribution in [0.5, 0.6) is 0 Å². The van der Waals surface area contributed by atoms with Gasteiger partial charge in [0.15, 0.2) is 0 Å². The van der Waals surface area contributed by atoms with Crippen molar-refractivity contribution in [2.45, 2.75) is 18.9 Å². The number of likely N-dealkylation sites (tertiary alicyclic amines) is 1. The van der Waals surface area contributed by atoms with Gasteiger partial charge in [-0.15, -0.1) is 0 Å². The SMILES string of the molecule is OCCN1CCCC2CNCC21. The van der Waals surface area contributed by atoms with Crippen molar-refractivity contribution < 1.29 is 5.11 Å². The second-order valence-electron chi connectivity index (χ2n) is 3.89. The maximum atomic E-state index is 8.88. The largest absolute Gasteiger partial charge is 0.395 e. The molecular weight excluding hydrogens is 152 g/mol. The zero-order chi connectivity index (χ0) is 8.39. The Morgan fingerprint density at radius 2 is 2.33 bits per heavy atom. The average molecular weight is 170 g/mol. The van der Waals surface area contributed by atoms with Crippen LogP contribution in [-0.2, 0) is 0 Å². The maximum absolute atomic E-state index is 8.88. The Morgan fingerprint density at radius 3 is 3.17 bits per heavy atom. The monoisotopic (exact) mass is 170 g/mol. The Kier molecular flexibility index (Phi) is 2.63. The van der Waals surface area contributed by atoms with Crippen LogP contribution >= 0.6 is 0 Å². The van der Waals surface area contributed by atoms with Crippen LogP contribution in [-0.4, -0.2) is 48.8 Å². The average Bonchev–Trinajstić information content (AvgIpc) is 2.53. The fourth-order valence-electron chi connectivity index (χ4n) is 2.57. The summed E-state index contributed by atoms with van der Waals surface area (Å²) >= 11 is 0. The van der Waals surface area contributed by atoms with E-state index in [0.29, 0.717) is 12.6 Å². The lowest BCUT2D eigenvalue weighted by Gasteiger charge is -2.36. The first kappa shape index (κ1) is 8.48. The Bertz CT molecular complexity index is 149. The highest BCUT2D eigenvalue weighted by molar-refractivity contribution is 4.91. The number of nitrogens with zero attached hydrogens (tertiary/aromatic N) is 1. The van der Waals surface area contributed by atoms with Crippen LogP contribution in [0.2, 0.25) is 0 Å². The molecule has 2 rings (SSSR count). The summed E-state index contributed by atoms with van der Waals surface area (Å²) in [6.07, 6.45) is 2.68. The summed E-state index contributed by atoms with van der Waals surface area (Å²) in [6, 6.07) is 0.714. The minimum absolute atomic E-state index is 0.309. The van der Waals surface area contributed by atoms with Crippen LogP contribution in [0.1, 0.15) is 12.8 Å². The van der Waals surface area contributed by atoms with Crippen molar-refractivity contribution >= 4 is 0 Å². The van der Waals surface area contributed by atoms with E-state index in [4.69, 9.17) is 5.11 Å². The lowest BCUT2D eigenvalue weighted by molar-refractivity contribution is 0.0999. The third-order valence-corrected chi connectivity index (χ3v) is 3.18. The maximum Gasteiger partial charge on any atom is 0.0558 e. The number of fused-ring (bicyclic) bond motifs is 1. The quantitative estimate of drug-likeness (QED) is 0.595. The van der Waals surface area contributed by atoms with Gasteiger partial charge in [0.2, 0.25) is 0 Å². The molecule has 0 bridgehead atoms. The molecule has 2 aliphatic rings. The number of hydrogen-bond acceptors (Lipinski definition) is 3. The molecule has 0 aliphatic carbocycles. The van der Waals surface area contributed by atoms with E-state index in [-0.39, 0.29) is 0 Å². The van der Waals surface area contributed by atoms with Gasteiger partial charge in [0, 0.05) is 19.1 Å². The first-order valence-corrected chi connectivity index (χ1v) is 4.97. The minimum Gasteiger partial charge on any atom is -0.395 e. The van der Waals surface area contributed by atoms with Gasteiger partial charge in [-0.3, -0.25) is 4.90 Å². The van der Waals surface area contributed by atoms with Crippen molar-refractivity contribution in [3.63, 3.8) is 0 Å². The first-order chi connectivity index (χ1) is 5.92. The van der Waals surface area contributed by atoms with Gasteiger partial charge in [-0.1, -0.05) is 0 Å². The van der Waals surface area contributed by atoms with E-state index in [9.17, 15) is 0 Å². The molecule has 3 nitrogen and oxygen atoms in total. The van der Waals surface area contributed by atoms with Crippen molar-refractivity contribution in [2.75, 3.05) is 32.8 Å². The molecule has 70 valence electrons. The molecule has 2 N–H and O–H groups in total. The second-order valence-corrected chi connectivity index (χ2v) is 3.89. The number of piperidine rings is 1. The van der Waals surface area contributed by atoms with Crippen molar-refractivity contribution in [1.29, 1.82) is 0 Å². The Balaban J connectivity index is 1.94. The van der Waals surface area contributed by atoms with E-state index in [0.717, 1.165) is 19.0 Å². The van der Waals surface area contributed by atoms with Gasteiger partial charge in [-0.2, -0.15) is 0 Å². The molecule has 2 fully saturated rings. The second kappa shape index (κ2) is 3.73. The summed E-state index contributed by atoms with van der Waals surface area (Å²) in [5.41, 5.74) is 0. The van der Waals surface area contributed by atoms with E-state index in [2.05, 4.69) is 10.2 Å². The fourth-order valence-corrected chi connectivity index (χ4v) is 2.57. The molecular formula is C9H18N2O. The summed E-state index contributed by atoms with van der Waals surface area (Å²) in [5.74, 6) is 0.852. The van der Waals surface area contributed by atoms with Gasteiger partial charge in [0.1, 0.15) is 0 Å². The van der Waals surface area contributed by atoms with Crippen LogP contribution in [0.3, 0.4) is 0 Å². The molecule has 2 atom stereocenters. The van der Waals surface area contributed by atoms with E-state index >= 15 is 0 Å². The number of hydrogen-bond donors (Lipinski definition) is 2. The van der Waals surface area contributed by atoms with Crippen LogP contribution in [0.25, 0.3) is 0 Å². The number of nitrogens with one attached hydrogen (secondary N) is 1. The number of aliphatic hydroxyl groups excluding tert-OH is 1. The van der Waals surface area contributed by atoms with Gasteiger partial charge in [0.05, 0.1) is 6.61 Å². The molecule has 12 heavy (non-hydrogen) atoms. The van der Waals surface area contributed by atoms with Crippen molar-refractivity contribution in [3.05, 3.63) is 0 Å².